The van der Waals surface area contributed by atoms with Gasteiger partial charge in [-0.2, -0.15) is 0 Å². The van der Waals surface area contributed by atoms with Gasteiger partial charge in [0.25, 0.3) is 0 Å². The molecule has 2 heteroatoms. The number of benzene rings is 1. The van der Waals surface area contributed by atoms with Crippen molar-refractivity contribution in [2.24, 2.45) is 0 Å². The topological polar surface area (TPSA) is 33.1 Å². The Morgan fingerprint density at radius 1 is 1.00 bits per heavy atom. The van der Waals surface area contributed by atoms with Crippen LogP contribution in [0.2, 0.25) is 0 Å². The monoisotopic (exact) mass is 227 g/mol. The van der Waals surface area contributed by atoms with Gasteiger partial charge in [-0.15, -0.1) is 0 Å². The summed E-state index contributed by atoms with van der Waals surface area (Å²) in [6.07, 6.45) is 1.14. The third-order valence-corrected chi connectivity index (χ3v) is 2.94. The molecule has 0 spiro atoms. The molecular formula is C15H17NO. The minimum Gasteiger partial charge on any atom is -0.382 e. The first-order valence-electron chi connectivity index (χ1n) is 5.75. The lowest BCUT2D eigenvalue weighted by atomic mass is 9.98. The first-order chi connectivity index (χ1) is 8.08. The molecule has 0 radical (unpaired) electrons. The molecule has 88 valence electrons. The Kier molecular flexibility index (Phi) is 3.25. The molecule has 1 N–H and O–H groups in total. The van der Waals surface area contributed by atoms with Crippen molar-refractivity contribution < 1.29 is 5.11 Å². The molecule has 2 nitrogen and oxygen atoms in total. The van der Waals surface area contributed by atoms with Crippen LogP contribution in [-0.4, -0.2) is 10.1 Å². The third-order valence-electron chi connectivity index (χ3n) is 2.94. The van der Waals surface area contributed by atoms with Gasteiger partial charge < -0.3 is 5.11 Å². The van der Waals surface area contributed by atoms with Gasteiger partial charge in [0.05, 0.1) is 5.69 Å². The molecule has 0 aliphatic rings. The highest BCUT2D eigenvalue weighted by atomic mass is 16.3. The van der Waals surface area contributed by atoms with Gasteiger partial charge in [0, 0.05) is 6.20 Å². The average Bonchev–Trinajstić information content (AvgIpc) is 2.32. The van der Waals surface area contributed by atoms with Crippen LogP contribution in [0.25, 0.3) is 0 Å². The molecule has 1 aromatic heterocycles. The van der Waals surface area contributed by atoms with E-state index in [0.717, 1.165) is 22.3 Å². The van der Waals surface area contributed by atoms with Crippen LogP contribution >= 0.6 is 0 Å². The molecular weight excluding hydrogens is 210 g/mol. The maximum atomic E-state index is 10.3. The molecule has 1 atom stereocenters. The number of hydrogen-bond acceptors (Lipinski definition) is 2. The van der Waals surface area contributed by atoms with Crippen molar-refractivity contribution >= 4 is 0 Å². The summed E-state index contributed by atoms with van der Waals surface area (Å²) in [5.74, 6) is 0. The summed E-state index contributed by atoms with van der Waals surface area (Å²) in [5.41, 5.74) is 4.97. The van der Waals surface area contributed by atoms with E-state index in [1.807, 2.05) is 51.1 Å². The second kappa shape index (κ2) is 4.68. The van der Waals surface area contributed by atoms with Crippen molar-refractivity contribution in [1.82, 2.24) is 4.98 Å². The Bertz CT molecular complexity index is 517. The highest BCUT2D eigenvalue weighted by Gasteiger charge is 2.13. The molecule has 0 bridgehead atoms. The van der Waals surface area contributed by atoms with Crippen molar-refractivity contribution in [2.45, 2.75) is 26.9 Å². The van der Waals surface area contributed by atoms with E-state index in [-0.39, 0.29) is 0 Å². The number of rotatable bonds is 2. The van der Waals surface area contributed by atoms with Crippen LogP contribution in [0.1, 0.15) is 34.1 Å². The van der Waals surface area contributed by atoms with Gasteiger partial charge in [0.15, 0.2) is 0 Å². The molecule has 1 aromatic carbocycles. The summed E-state index contributed by atoms with van der Waals surface area (Å²) in [4.78, 5) is 4.28. The van der Waals surface area contributed by atoms with Crippen molar-refractivity contribution in [3.8, 4) is 0 Å². The predicted octanol–water partition coefficient (Wildman–Crippen LogP) is 3.09. The number of hydrogen-bond donors (Lipinski definition) is 1. The lowest BCUT2D eigenvalue weighted by molar-refractivity contribution is 0.214. The SMILES string of the molecule is Cc1ccc(C(O)c2cc(C)ccc2C)nc1. The Balaban J connectivity index is 2.39. The Hall–Kier alpha value is -1.67. The van der Waals surface area contributed by atoms with E-state index < -0.39 is 6.10 Å². The van der Waals surface area contributed by atoms with E-state index in [4.69, 9.17) is 0 Å². The fourth-order valence-electron chi connectivity index (χ4n) is 1.85. The summed E-state index contributed by atoms with van der Waals surface area (Å²) >= 11 is 0. The van der Waals surface area contributed by atoms with Crippen LogP contribution in [0.5, 0.6) is 0 Å². The van der Waals surface area contributed by atoms with E-state index in [1.54, 1.807) is 6.20 Å². The zero-order valence-corrected chi connectivity index (χ0v) is 10.4. The van der Waals surface area contributed by atoms with Crippen LogP contribution in [0.15, 0.2) is 36.5 Å². The van der Waals surface area contributed by atoms with Gasteiger partial charge in [0.2, 0.25) is 0 Å². The first kappa shape index (κ1) is 11.8. The molecule has 2 rings (SSSR count). The normalized spacial score (nSPS) is 12.5. The fraction of sp³-hybridized carbons (Fsp3) is 0.267. The predicted molar refractivity (Wildman–Crippen MR) is 69.0 cm³/mol. The molecule has 17 heavy (non-hydrogen) atoms. The number of aliphatic hydroxyl groups excluding tert-OH is 1. The largest absolute Gasteiger partial charge is 0.382 e. The smallest absolute Gasteiger partial charge is 0.121 e. The summed E-state index contributed by atoms with van der Waals surface area (Å²) < 4.78 is 0. The Morgan fingerprint density at radius 2 is 1.71 bits per heavy atom. The van der Waals surface area contributed by atoms with Gasteiger partial charge in [0.1, 0.15) is 6.10 Å². The average molecular weight is 227 g/mol. The van der Waals surface area contributed by atoms with Crippen molar-refractivity contribution in [2.75, 3.05) is 0 Å². The van der Waals surface area contributed by atoms with E-state index >= 15 is 0 Å². The molecule has 0 saturated heterocycles. The van der Waals surface area contributed by atoms with Gasteiger partial charge in [-0.3, -0.25) is 4.98 Å². The molecule has 0 aliphatic carbocycles. The summed E-state index contributed by atoms with van der Waals surface area (Å²) in [6.45, 7) is 6.02. The second-order valence-corrected chi connectivity index (χ2v) is 4.52. The van der Waals surface area contributed by atoms with E-state index in [1.165, 1.54) is 0 Å². The minimum atomic E-state index is -0.643. The highest BCUT2D eigenvalue weighted by molar-refractivity contribution is 5.36. The van der Waals surface area contributed by atoms with E-state index in [9.17, 15) is 5.11 Å². The summed E-state index contributed by atoms with van der Waals surface area (Å²) in [7, 11) is 0. The third kappa shape index (κ3) is 2.53. The Labute approximate surface area is 102 Å². The van der Waals surface area contributed by atoms with Crippen molar-refractivity contribution in [3.05, 3.63) is 64.5 Å². The number of pyridine rings is 1. The summed E-state index contributed by atoms with van der Waals surface area (Å²) in [6, 6.07) is 9.94. The highest BCUT2D eigenvalue weighted by Crippen LogP contribution is 2.24. The fourth-order valence-corrected chi connectivity index (χ4v) is 1.85. The van der Waals surface area contributed by atoms with Gasteiger partial charge >= 0.3 is 0 Å². The molecule has 0 amide bonds. The molecule has 0 fully saturated rings. The minimum absolute atomic E-state index is 0.643. The standard InChI is InChI=1S/C15H17NO/c1-10-4-6-12(3)13(8-10)15(17)14-7-5-11(2)9-16-14/h4-9,15,17H,1-3H3. The maximum Gasteiger partial charge on any atom is 0.121 e. The number of nitrogens with zero attached hydrogens (tertiary/aromatic N) is 1. The maximum absolute atomic E-state index is 10.3. The molecule has 1 unspecified atom stereocenters. The molecule has 0 saturated carbocycles. The summed E-state index contributed by atoms with van der Waals surface area (Å²) in [5, 5.41) is 10.3. The Morgan fingerprint density at radius 3 is 2.35 bits per heavy atom. The van der Waals surface area contributed by atoms with Gasteiger partial charge in [-0.25, -0.2) is 0 Å². The molecule has 0 aliphatic heterocycles. The van der Waals surface area contributed by atoms with E-state index in [2.05, 4.69) is 4.98 Å². The second-order valence-electron chi connectivity index (χ2n) is 4.52. The number of aliphatic hydroxyl groups is 1. The first-order valence-corrected chi connectivity index (χ1v) is 5.75. The van der Waals surface area contributed by atoms with Crippen molar-refractivity contribution in [1.29, 1.82) is 0 Å². The zero-order valence-electron chi connectivity index (χ0n) is 10.4. The van der Waals surface area contributed by atoms with Crippen LogP contribution in [-0.2, 0) is 0 Å². The van der Waals surface area contributed by atoms with Gasteiger partial charge in [-0.1, -0.05) is 29.8 Å². The van der Waals surface area contributed by atoms with Crippen LogP contribution in [0.3, 0.4) is 0 Å². The van der Waals surface area contributed by atoms with E-state index in [0.29, 0.717) is 5.69 Å². The number of aryl methyl sites for hydroxylation is 3. The quantitative estimate of drug-likeness (QED) is 0.855. The lowest BCUT2D eigenvalue weighted by Crippen LogP contribution is -2.04. The zero-order chi connectivity index (χ0) is 12.4. The lowest BCUT2D eigenvalue weighted by Gasteiger charge is -2.14. The number of aromatic nitrogens is 1. The van der Waals surface area contributed by atoms with Gasteiger partial charge in [-0.05, 0) is 43.5 Å². The van der Waals surface area contributed by atoms with Crippen molar-refractivity contribution in [3.63, 3.8) is 0 Å². The van der Waals surface area contributed by atoms with Crippen LogP contribution in [0, 0.1) is 20.8 Å². The van der Waals surface area contributed by atoms with Crippen LogP contribution in [0.4, 0.5) is 0 Å². The molecule has 2 aromatic rings. The molecule has 1 heterocycles. The van der Waals surface area contributed by atoms with Crippen LogP contribution < -0.4 is 0 Å².